The van der Waals surface area contributed by atoms with Crippen molar-refractivity contribution in [2.45, 2.75) is 64.1 Å². The molecule has 1 fully saturated rings. The van der Waals surface area contributed by atoms with Crippen molar-refractivity contribution in [2.75, 3.05) is 6.61 Å². The largest absolute Gasteiger partial charge is 0.488 e. The topological polar surface area (TPSA) is 44.8 Å². The van der Waals surface area contributed by atoms with Gasteiger partial charge in [0.1, 0.15) is 18.0 Å². The van der Waals surface area contributed by atoms with E-state index in [0.717, 1.165) is 31.4 Å². The number of ether oxygens (including phenoxy) is 1. The highest BCUT2D eigenvalue weighted by atomic mass is 32.2. The van der Waals surface area contributed by atoms with Gasteiger partial charge in [-0.1, -0.05) is 45.4 Å². The molecule has 1 aliphatic carbocycles. The van der Waals surface area contributed by atoms with Crippen LogP contribution < -0.4 is 4.74 Å². The van der Waals surface area contributed by atoms with E-state index in [9.17, 15) is 4.21 Å². The van der Waals surface area contributed by atoms with Gasteiger partial charge in [-0.2, -0.15) is 4.21 Å². The lowest BCUT2D eigenvalue weighted by atomic mass is 9.87. The zero-order chi connectivity index (χ0) is 17.6. The third kappa shape index (κ3) is 5.72. The Morgan fingerprint density at radius 3 is 2.38 bits per heavy atom. The van der Waals surface area contributed by atoms with Crippen LogP contribution in [0.25, 0.3) is 0 Å². The van der Waals surface area contributed by atoms with Gasteiger partial charge < -0.3 is 4.74 Å². The standard InChI is InChI=1S/C19H28O4S/c1-5-14-21-24(20)23-18-9-7-6-8-17(18)22-16-12-10-15(11-13-16)19(2,3)4/h5,10-13,17-18H,1,6-9,14H2,2-4H3. The number of hydrogen-bond donors (Lipinski definition) is 0. The van der Waals surface area contributed by atoms with Crippen molar-refractivity contribution in [3.8, 4) is 5.75 Å². The van der Waals surface area contributed by atoms with E-state index < -0.39 is 11.4 Å². The first kappa shape index (κ1) is 19.2. The van der Waals surface area contributed by atoms with Crippen molar-refractivity contribution in [2.24, 2.45) is 0 Å². The Morgan fingerprint density at radius 1 is 1.17 bits per heavy atom. The van der Waals surface area contributed by atoms with E-state index in [-0.39, 0.29) is 24.2 Å². The smallest absolute Gasteiger partial charge is 0.305 e. The molecular weight excluding hydrogens is 324 g/mol. The summed E-state index contributed by atoms with van der Waals surface area (Å²) in [5.41, 5.74) is 1.39. The van der Waals surface area contributed by atoms with Crippen LogP contribution in [-0.4, -0.2) is 23.0 Å². The van der Waals surface area contributed by atoms with Gasteiger partial charge in [0.2, 0.25) is 0 Å². The Balaban J connectivity index is 1.97. The molecule has 0 aromatic heterocycles. The van der Waals surface area contributed by atoms with Gasteiger partial charge in [-0.15, -0.1) is 6.58 Å². The molecule has 24 heavy (non-hydrogen) atoms. The number of hydrogen-bond acceptors (Lipinski definition) is 4. The second-order valence-electron chi connectivity index (χ2n) is 7.13. The van der Waals surface area contributed by atoms with Gasteiger partial charge in [-0.25, -0.2) is 0 Å². The van der Waals surface area contributed by atoms with Crippen LogP contribution in [0, 0.1) is 0 Å². The molecule has 0 amide bonds. The van der Waals surface area contributed by atoms with Crippen molar-refractivity contribution in [3.05, 3.63) is 42.5 Å². The molecule has 2 rings (SSSR count). The minimum Gasteiger partial charge on any atom is -0.488 e. The summed E-state index contributed by atoms with van der Waals surface area (Å²) in [6, 6.07) is 8.19. The molecule has 0 radical (unpaired) electrons. The van der Waals surface area contributed by atoms with Crippen molar-refractivity contribution in [1.82, 2.24) is 0 Å². The summed E-state index contributed by atoms with van der Waals surface area (Å²) in [7, 11) is 0. The lowest BCUT2D eigenvalue weighted by Gasteiger charge is -2.31. The molecule has 0 saturated heterocycles. The molecule has 134 valence electrons. The molecule has 5 heteroatoms. The first-order valence-electron chi connectivity index (χ1n) is 8.50. The van der Waals surface area contributed by atoms with Gasteiger partial charge in [0.05, 0.1) is 6.61 Å². The second kappa shape index (κ2) is 8.79. The predicted octanol–water partition coefficient (Wildman–Crippen LogP) is 4.47. The molecule has 1 saturated carbocycles. The Labute approximate surface area is 148 Å². The van der Waals surface area contributed by atoms with Crippen molar-refractivity contribution in [3.63, 3.8) is 0 Å². The molecule has 0 bridgehead atoms. The summed E-state index contributed by atoms with van der Waals surface area (Å²) in [5.74, 6) is 0.821. The monoisotopic (exact) mass is 352 g/mol. The van der Waals surface area contributed by atoms with E-state index in [2.05, 4.69) is 39.5 Å². The first-order valence-corrected chi connectivity index (χ1v) is 9.50. The molecule has 1 aliphatic rings. The fraction of sp³-hybridized carbons (Fsp3) is 0.579. The van der Waals surface area contributed by atoms with Crippen molar-refractivity contribution in [1.29, 1.82) is 0 Å². The van der Waals surface area contributed by atoms with Crippen LogP contribution >= 0.6 is 0 Å². The first-order chi connectivity index (χ1) is 11.4. The predicted molar refractivity (Wildman–Crippen MR) is 97.2 cm³/mol. The maximum atomic E-state index is 11.8. The van der Waals surface area contributed by atoms with Gasteiger partial charge in [0.25, 0.3) is 0 Å². The zero-order valence-corrected chi connectivity index (χ0v) is 15.6. The van der Waals surface area contributed by atoms with Gasteiger partial charge in [0.15, 0.2) is 0 Å². The fourth-order valence-electron chi connectivity index (χ4n) is 2.75. The Bertz CT molecular complexity index is 547. The summed E-state index contributed by atoms with van der Waals surface area (Å²) in [6.07, 6.45) is 5.09. The van der Waals surface area contributed by atoms with Crippen LogP contribution in [0.3, 0.4) is 0 Å². The SMILES string of the molecule is C=CCOS(=O)OC1CCCCC1Oc1ccc(C(C)(C)C)cc1. The highest BCUT2D eigenvalue weighted by molar-refractivity contribution is 7.75. The molecule has 0 spiro atoms. The second-order valence-corrected chi connectivity index (χ2v) is 7.96. The van der Waals surface area contributed by atoms with Crippen LogP contribution in [0.4, 0.5) is 0 Å². The normalized spacial score (nSPS) is 22.8. The van der Waals surface area contributed by atoms with E-state index in [1.54, 1.807) is 6.08 Å². The Morgan fingerprint density at radius 2 is 1.79 bits per heavy atom. The number of rotatable bonds is 7. The summed E-state index contributed by atoms with van der Waals surface area (Å²) in [4.78, 5) is 0. The molecular formula is C19H28O4S. The third-order valence-electron chi connectivity index (χ3n) is 4.13. The minimum atomic E-state index is -1.76. The van der Waals surface area contributed by atoms with Gasteiger partial charge in [-0.05, 0) is 42.4 Å². The molecule has 1 aromatic carbocycles. The van der Waals surface area contributed by atoms with Gasteiger partial charge in [-0.3, -0.25) is 8.37 Å². The number of benzene rings is 1. The zero-order valence-electron chi connectivity index (χ0n) is 14.8. The summed E-state index contributed by atoms with van der Waals surface area (Å²) in [6.45, 7) is 10.3. The summed E-state index contributed by atoms with van der Waals surface area (Å²) in [5, 5.41) is 0. The lowest BCUT2D eigenvalue weighted by molar-refractivity contribution is 0.0238. The molecule has 3 unspecified atom stereocenters. The molecule has 4 nitrogen and oxygen atoms in total. The Kier molecular flexibility index (Phi) is 7.02. The van der Waals surface area contributed by atoms with Crippen LogP contribution in [0.2, 0.25) is 0 Å². The highest BCUT2D eigenvalue weighted by Crippen LogP contribution is 2.29. The van der Waals surface area contributed by atoms with Crippen LogP contribution in [0.1, 0.15) is 52.0 Å². The maximum Gasteiger partial charge on any atom is 0.305 e. The van der Waals surface area contributed by atoms with E-state index in [1.807, 2.05) is 12.1 Å². The lowest BCUT2D eigenvalue weighted by Crippen LogP contribution is -2.37. The third-order valence-corrected chi connectivity index (χ3v) is 4.87. The van der Waals surface area contributed by atoms with Crippen molar-refractivity contribution < 1.29 is 17.3 Å². The maximum absolute atomic E-state index is 11.8. The molecule has 0 aliphatic heterocycles. The van der Waals surface area contributed by atoms with Crippen LogP contribution in [0.5, 0.6) is 5.75 Å². The summed E-state index contributed by atoms with van der Waals surface area (Å²) < 4.78 is 28.4. The highest BCUT2D eigenvalue weighted by Gasteiger charge is 2.30. The van der Waals surface area contributed by atoms with E-state index >= 15 is 0 Å². The van der Waals surface area contributed by atoms with E-state index in [1.165, 1.54) is 5.56 Å². The molecule has 0 N–H and O–H groups in total. The fourth-order valence-corrected chi connectivity index (χ4v) is 3.43. The summed E-state index contributed by atoms with van der Waals surface area (Å²) >= 11 is -1.76. The van der Waals surface area contributed by atoms with Crippen molar-refractivity contribution >= 4 is 11.4 Å². The molecule has 1 aromatic rings. The van der Waals surface area contributed by atoms with E-state index in [4.69, 9.17) is 13.1 Å². The van der Waals surface area contributed by atoms with E-state index in [0.29, 0.717) is 0 Å². The van der Waals surface area contributed by atoms with Gasteiger partial charge in [0, 0.05) is 0 Å². The average molecular weight is 352 g/mol. The average Bonchev–Trinajstić information content (AvgIpc) is 2.54. The minimum absolute atomic E-state index is 0.101. The van der Waals surface area contributed by atoms with Gasteiger partial charge >= 0.3 is 11.4 Å². The van der Waals surface area contributed by atoms with Crippen LogP contribution in [-0.2, 0) is 25.1 Å². The van der Waals surface area contributed by atoms with Crippen LogP contribution in [0.15, 0.2) is 36.9 Å². The molecule has 3 atom stereocenters. The Hall–Kier alpha value is -1.17. The molecule has 0 heterocycles. The quantitative estimate of drug-likeness (QED) is 0.679.